The van der Waals surface area contributed by atoms with Gasteiger partial charge in [-0.3, -0.25) is 0 Å². The Kier molecular flexibility index (Phi) is 5.21. The first-order valence-electron chi connectivity index (χ1n) is 10.1. The molecule has 5 rings (SSSR count). The van der Waals surface area contributed by atoms with E-state index in [0.717, 1.165) is 11.8 Å². The van der Waals surface area contributed by atoms with Crippen LogP contribution >= 0.6 is 0 Å². The molecule has 0 aliphatic rings. The SMILES string of the molecule is CS(=O)(=O)CCn1nc(-c2ccc(F)cc2)c(-c2ncnc3oc(-c4ccccc4)cc23)n1. The molecule has 8 nitrogen and oxygen atoms in total. The standard InChI is InChI=1S/C23H18FN5O3S/c1-33(30,31)12-11-29-27-20(16-7-9-17(24)10-8-16)22(28-29)21-18-13-19(15-5-3-2-4-6-15)32-23(18)26-14-25-21/h2-10,13-14H,11-12H2,1H3. The van der Waals surface area contributed by atoms with E-state index in [2.05, 4.69) is 20.2 Å². The molecule has 0 radical (unpaired) electrons. The van der Waals surface area contributed by atoms with Gasteiger partial charge >= 0.3 is 0 Å². The van der Waals surface area contributed by atoms with Gasteiger partial charge in [0, 0.05) is 17.4 Å². The van der Waals surface area contributed by atoms with Gasteiger partial charge in [0.05, 0.1) is 17.7 Å². The van der Waals surface area contributed by atoms with E-state index in [0.29, 0.717) is 39.5 Å². The van der Waals surface area contributed by atoms with Gasteiger partial charge in [-0.2, -0.15) is 15.0 Å². The highest BCUT2D eigenvalue weighted by Crippen LogP contribution is 2.35. The molecular weight excluding hydrogens is 445 g/mol. The van der Waals surface area contributed by atoms with Gasteiger partial charge in [0.15, 0.2) is 0 Å². The average molecular weight is 463 g/mol. The van der Waals surface area contributed by atoms with E-state index >= 15 is 0 Å². The molecule has 0 saturated carbocycles. The third kappa shape index (κ3) is 4.37. The topological polar surface area (TPSA) is 104 Å². The van der Waals surface area contributed by atoms with E-state index in [-0.39, 0.29) is 18.1 Å². The molecule has 0 saturated heterocycles. The fraction of sp³-hybridized carbons (Fsp3) is 0.130. The Balaban J connectivity index is 1.66. The second-order valence-electron chi connectivity index (χ2n) is 7.55. The molecule has 0 fully saturated rings. The second kappa shape index (κ2) is 8.21. The number of hydrogen-bond donors (Lipinski definition) is 0. The smallest absolute Gasteiger partial charge is 0.230 e. The number of rotatable bonds is 6. The number of aryl methyl sites for hydroxylation is 1. The van der Waals surface area contributed by atoms with E-state index < -0.39 is 9.84 Å². The minimum atomic E-state index is -3.21. The summed E-state index contributed by atoms with van der Waals surface area (Å²) in [6.45, 7) is 0.0713. The Bertz CT molecular complexity index is 1540. The molecule has 0 spiro atoms. The van der Waals surface area contributed by atoms with Crippen molar-refractivity contribution >= 4 is 20.9 Å². The molecule has 3 heterocycles. The van der Waals surface area contributed by atoms with Crippen LogP contribution in [0.15, 0.2) is 71.4 Å². The lowest BCUT2D eigenvalue weighted by Gasteiger charge is -2.01. The van der Waals surface area contributed by atoms with Crippen molar-refractivity contribution in [3.63, 3.8) is 0 Å². The van der Waals surface area contributed by atoms with E-state index in [4.69, 9.17) is 4.42 Å². The highest BCUT2D eigenvalue weighted by Gasteiger charge is 2.21. The highest BCUT2D eigenvalue weighted by atomic mass is 32.2. The van der Waals surface area contributed by atoms with Crippen LogP contribution in [0.3, 0.4) is 0 Å². The van der Waals surface area contributed by atoms with Crippen LogP contribution in [0.25, 0.3) is 45.1 Å². The van der Waals surface area contributed by atoms with Gasteiger partial charge < -0.3 is 4.42 Å². The first-order valence-corrected chi connectivity index (χ1v) is 12.1. The number of fused-ring (bicyclic) bond motifs is 1. The van der Waals surface area contributed by atoms with Crippen LogP contribution in [0.2, 0.25) is 0 Å². The van der Waals surface area contributed by atoms with E-state index in [1.165, 1.54) is 23.3 Å². The van der Waals surface area contributed by atoms with Crippen molar-refractivity contribution in [3.05, 3.63) is 72.8 Å². The molecule has 5 aromatic rings. The maximum Gasteiger partial charge on any atom is 0.230 e. The molecule has 166 valence electrons. The third-order valence-electron chi connectivity index (χ3n) is 5.05. The number of hydrogen-bond acceptors (Lipinski definition) is 7. The summed E-state index contributed by atoms with van der Waals surface area (Å²) >= 11 is 0. The van der Waals surface area contributed by atoms with Gasteiger partial charge in [0.2, 0.25) is 5.71 Å². The Morgan fingerprint density at radius 1 is 0.909 bits per heavy atom. The van der Waals surface area contributed by atoms with Crippen molar-refractivity contribution < 1.29 is 17.2 Å². The number of aromatic nitrogens is 5. The summed E-state index contributed by atoms with van der Waals surface area (Å²) in [5, 5.41) is 9.65. The summed E-state index contributed by atoms with van der Waals surface area (Å²) in [6.07, 6.45) is 2.53. The van der Waals surface area contributed by atoms with Gasteiger partial charge in [0.25, 0.3) is 0 Å². The fourth-order valence-corrected chi connectivity index (χ4v) is 3.94. The van der Waals surface area contributed by atoms with Gasteiger partial charge in [-0.25, -0.2) is 22.8 Å². The molecule has 3 aromatic heterocycles. The number of nitrogens with zero attached hydrogens (tertiary/aromatic N) is 5. The largest absolute Gasteiger partial charge is 0.438 e. The predicted octanol–water partition coefficient (Wildman–Crippen LogP) is 4.00. The lowest BCUT2D eigenvalue weighted by Crippen LogP contribution is -2.13. The Morgan fingerprint density at radius 3 is 2.36 bits per heavy atom. The van der Waals surface area contributed by atoms with Crippen LogP contribution in [-0.4, -0.2) is 45.4 Å². The first-order chi connectivity index (χ1) is 15.9. The summed E-state index contributed by atoms with van der Waals surface area (Å²) in [4.78, 5) is 9.99. The van der Waals surface area contributed by atoms with Crippen molar-refractivity contribution in [2.24, 2.45) is 0 Å². The quantitative estimate of drug-likeness (QED) is 0.375. The van der Waals surface area contributed by atoms with E-state index in [1.807, 2.05) is 36.4 Å². The highest BCUT2D eigenvalue weighted by molar-refractivity contribution is 7.90. The molecule has 0 unspecified atom stereocenters. The molecule has 0 bridgehead atoms. The molecule has 0 aliphatic carbocycles. The van der Waals surface area contributed by atoms with Crippen LogP contribution in [0.5, 0.6) is 0 Å². The molecule has 0 atom stereocenters. The molecule has 10 heteroatoms. The van der Waals surface area contributed by atoms with Crippen molar-refractivity contribution in [1.29, 1.82) is 0 Å². The molecule has 33 heavy (non-hydrogen) atoms. The minimum absolute atomic E-state index is 0.0713. The van der Waals surface area contributed by atoms with Crippen molar-refractivity contribution in [2.75, 3.05) is 12.0 Å². The zero-order valence-corrected chi connectivity index (χ0v) is 18.3. The first kappa shape index (κ1) is 21.0. The second-order valence-corrected chi connectivity index (χ2v) is 9.81. The molecule has 0 amide bonds. The van der Waals surface area contributed by atoms with Gasteiger partial charge in [-0.05, 0) is 30.3 Å². The molecule has 0 aliphatic heterocycles. The number of sulfone groups is 1. The zero-order chi connectivity index (χ0) is 23.0. The Labute approximate surface area is 188 Å². The monoisotopic (exact) mass is 463 g/mol. The number of furan rings is 1. The number of halogens is 1. The summed E-state index contributed by atoms with van der Waals surface area (Å²) in [5.41, 5.74) is 3.24. The van der Waals surface area contributed by atoms with Gasteiger partial charge in [-0.1, -0.05) is 30.3 Å². The lowest BCUT2D eigenvalue weighted by molar-refractivity contribution is 0.553. The van der Waals surface area contributed by atoms with E-state index in [9.17, 15) is 12.8 Å². The Morgan fingerprint density at radius 2 is 1.64 bits per heavy atom. The third-order valence-corrected chi connectivity index (χ3v) is 5.97. The van der Waals surface area contributed by atoms with Crippen LogP contribution in [-0.2, 0) is 16.4 Å². The normalized spacial score (nSPS) is 11.8. The summed E-state index contributed by atoms with van der Waals surface area (Å²) in [6, 6.07) is 17.3. The lowest BCUT2D eigenvalue weighted by atomic mass is 10.1. The Hall–Kier alpha value is -3.92. The maximum absolute atomic E-state index is 13.5. The summed E-state index contributed by atoms with van der Waals surface area (Å²) < 4.78 is 42.7. The maximum atomic E-state index is 13.5. The molecular formula is C23H18FN5O3S. The van der Waals surface area contributed by atoms with Crippen LogP contribution in [0, 0.1) is 5.82 Å². The average Bonchev–Trinajstić information content (AvgIpc) is 3.43. The molecule has 2 aromatic carbocycles. The molecule has 0 N–H and O–H groups in total. The summed E-state index contributed by atoms with van der Waals surface area (Å²) in [7, 11) is -3.21. The van der Waals surface area contributed by atoms with Gasteiger partial charge in [0.1, 0.15) is 44.8 Å². The van der Waals surface area contributed by atoms with E-state index in [1.54, 1.807) is 12.1 Å². The predicted molar refractivity (Wildman–Crippen MR) is 121 cm³/mol. The zero-order valence-electron chi connectivity index (χ0n) is 17.5. The minimum Gasteiger partial charge on any atom is -0.438 e. The van der Waals surface area contributed by atoms with Crippen molar-refractivity contribution in [1.82, 2.24) is 25.0 Å². The van der Waals surface area contributed by atoms with Crippen LogP contribution in [0.4, 0.5) is 4.39 Å². The van der Waals surface area contributed by atoms with Gasteiger partial charge in [-0.15, -0.1) is 0 Å². The fourth-order valence-electron chi connectivity index (χ4n) is 3.45. The summed E-state index contributed by atoms with van der Waals surface area (Å²) in [5.74, 6) is 0.129. The van der Waals surface area contributed by atoms with Crippen molar-refractivity contribution in [3.8, 4) is 34.0 Å². The van der Waals surface area contributed by atoms with Crippen LogP contribution < -0.4 is 0 Å². The number of benzene rings is 2. The van der Waals surface area contributed by atoms with Crippen molar-refractivity contribution in [2.45, 2.75) is 6.54 Å². The van der Waals surface area contributed by atoms with Crippen LogP contribution in [0.1, 0.15) is 0 Å².